The Kier molecular flexibility index (Phi) is 19.5. The van der Waals surface area contributed by atoms with Crippen LogP contribution in [0, 0.1) is 24.6 Å². The van der Waals surface area contributed by atoms with Crippen molar-refractivity contribution in [3.05, 3.63) is 139 Å². The van der Waals surface area contributed by atoms with E-state index in [9.17, 15) is 42.7 Å². The van der Waals surface area contributed by atoms with Gasteiger partial charge in [-0.2, -0.15) is 0 Å². The Balaban J connectivity index is 0.916. The first-order valence-corrected chi connectivity index (χ1v) is 30.4. The van der Waals surface area contributed by atoms with Crippen molar-refractivity contribution in [3.8, 4) is 0 Å². The Morgan fingerprint density at radius 3 is 1.28 bits per heavy atom. The van der Waals surface area contributed by atoms with Gasteiger partial charge in [-0.1, -0.05) is 68.4 Å². The lowest BCUT2D eigenvalue weighted by Crippen LogP contribution is -2.56. The van der Waals surface area contributed by atoms with Crippen molar-refractivity contribution in [1.29, 1.82) is 0 Å². The molecule has 82 heavy (non-hydrogen) atoms. The summed E-state index contributed by atoms with van der Waals surface area (Å²) in [6.45, 7) is 5.61. The number of likely N-dealkylation sites (tertiary alicyclic amines) is 2. The molecule has 21 heteroatoms. The van der Waals surface area contributed by atoms with E-state index in [1.165, 1.54) is 46.9 Å². The standard InChI is InChI=1S/C61H73FN10O8S2/c1-34-16-18-39(19-17-34)52(73)46-32-81-58(67-46)48-28-44(30-71(48)60(79)50(37-12-8-6-9-13-37)69-54(75)35(2)63-4)65-56(77)41-20-22-42(23-21-41)57(78)66-45-29-49(59-68-47(33-82-59)53(74)40-24-26-43(62)27-25-40)72(31-45)61(80)51(38-14-10-7-11-15-38)70-55(76)36(3)64-5/h16-27,32-33,35-38,44-45,48-51,63-64H,6-15,28-31H2,1-5H3,(H,65,77)(H,66,78)(H,69,75)(H,70,76). The molecule has 0 spiro atoms. The van der Waals surface area contributed by atoms with Crippen LogP contribution in [0.2, 0.25) is 0 Å². The highest BCUT2D eigenvalue weighted by molar-refractivity contribution is 7.10. The third kappa shape index (κ3) is 13.9. The molecule has 0 radical (unpaired) electrons. The molecule has 5 aromatic rings. The highest BCUT2D eigenvalue weighted by Gasteiger charge is 2.46. The third-order valence-corrected chi connectivity index (χ3v) is 18.7. The SMILES string of the molecule is CNC(C)C(=O)NC(C(=O)N1CC(NC(=O)c2ccc(C(=O)NC3CC(c4nc(C(=O)c5ccc(F)cc5)cs4)N(C(=O)C(NC(=O)C(C)NC)C4CCCCC4)C3)cc2)CC1c1nc(C(=O)c2ccc(C)cc2)cs1)C1CCCCC1. The van der Waals surface area contributed by atoms with Crippen LogP contribution >= 0.6 is 22.7 Å². The molecule has 4 fully saturated rings. The Morgan fingerprint density at radius 2 is 0.902 bits per heavy atom. The minimum absolute atomic E-state index is 0.0888. The van der Waals surface area contributed by atoms with Gasteiger partial charge in [0.25, 0.3) is 11.8 Å². The summed E-state index contributed by atoms with van der Waals surface area (Å²) in [5.74, 6) is -3.40. The molecule has 3 aromatic carbocycles. The van der Waals surface area contributed by atoms with Gasteiger partial charge in [0.1, 0.15) is 39.3 Å². The number of ketones is 2. The molecule has 8 unspecified atom stereocenters. The van der Waals surface area contributed by atoms with Crippen LogP contribution in [0.15, 0.2) is 83.6 Å². The number of carbonyl (C=O) groups is 8. The Bertz CT molecular complexity index is 2920. The second-order valence-corrected chi connectivity index (χ2v) is 24.1. The first-order chi connectivity index (χ1) is 39.5. The Hall–Kier alpha value is -7.07. The number of amides is 6. The molecule has 8 atom stereocenters. The minimum Gasteiger partial charge on any atom is -0.347 e. The van der Waals surface area contributed by atoms with E-state index in [4.69, 9.17) is 9.97 Å². The molecule has 2 saturated heterocycles. The molecule has 9 rings (SSSR count). The van der Waals surface area contributed by atoms with Gasteiger partial charge < -0.3 is 41.7 Å². The zero-order valence-corrected chi connectivity index (χ0v) is 48.6. The number of hydrogen-bond acceptors (Lipinski definition) is 14. The largest absolute Gasteiger partial charge is 0.347 e. The van der Waals surface area contributed by atoms with Crippen LogP contribution in [0.3, 0.4) is 0 Å². The molecule has 0 bridgehead atoms. The van der Waals surface area contributed by atoms with Gasteiger partial charge >= 0.3 is 0 Å². The van der Waals surface area contributed by atoms with Gasteiger partial charge in [-0.15, -0.1) is 22.7 Å². The maximum absolute atomic E-state index is 15.0. The van der Waals surface area contributed by atoms with E-state index in [0.29, 0.717) is 22.0 Å². The summed E-state index contributed by atoms with van der Waals surface area (Å²) in [5.41, 5.74) is 2.67. The highest BCUT2D eigenvalue weighted by atomic mass is 32.1. The second-order valence-electron chi connectivity index (χ2n) is 22.4. The van der Waals surface area contributed by atoms with Crippen molar-refractivity contribution >= 4 is 69.7 Å². The third-order valence-electron chi connectivity index (χ3n) is 16.8. The van der Waals surface area contributed by atoms with Crippen LogP contribution in [0.25, 0.3) is 0 Å². The highest BCUT2D eigenvalue weighted by Crippen LogP contribution is 2.39. The quantitative estimate of drug-likeness (QED) is 0.0432. The van der Waals surface area contributed by atoms with Crippen LogP contribution < -0.4 is 31.9 Å². The number of benzene rings is 3. The van der Waals surface area contributed by atoms with Gasteiger partial charge in [-0.05, 0) is 134 Å². The molecule has 2 aliphatic heterocycles. The monoisotopic (exact) mass is 1160 g/mol. The van der Waals surface area contributed by atoms with Crippen molar-refractivity contribution < 1.29 is 42.7 Å². The lowest BCUT2D eigenvalue weighted by molar-refractivity contribution is -0.139. The summed E-state index contributed by atoms with van der Waals surface area (Å²) < 4.78 is 13.8. The fraction of sp³-hybridized carbons (Fsp3) is 0.475. The first-order valence-electron chi connectivity index (χ1n) is 28.6. The number of rotatable bonds is 20. The maximum Gasteiger partial charge on any atom is 0.251 e. The van der Waals surface area contributed by atoms with Crippen molar-refractivity contribution in [1.82, 2.24) is 51.7 Å². The summed E-state index contributed by atoms with van der Waals surface area (Å²) in [4.78, 5) is 125. The zero-order chi connectivity index (χ0) is 58.2. The topological polar surface area (TPSA) is 241 Å². The van der Waals surface area contributed by atoms with Gasteiger partial charge in [-0.3, -0.25) is 38.4 Å². The molecular weight excluding hydrogens is 1080 g/mol. The summed E-state index contributed by atoms with van der Waals surface area (Å²) >= 11 is 2.48. The molecule has 6 amide bonds. The molecule has 4 aliphatic rings. The maximum atomic E-state index is 15.0. The molecule has 2 saturated carbocycles. The second kappa shape index (κ2) is 26.9. The van der Waals surface area contributed by atoms with Crippen molar-refractivity contribution in [2.75, 3.05) is 27.2 Å². The fourth-order valence-corrected chi connectivity index (χ4v) is 13.6. The lowest BCUT2D eigenvalue weighted by atomic mass is 9.83. The summed E-state index contributed by atoms with van der Waals surface area (Å²) in [5, 5.41) is 22.6. The van der Waals surface area contributed by atoms with Crippen molar-refractivity contribution in [2.45, 2.75) is 146 Å². The van der Waals surface area contributed by atoms with E-state index in [1.807, 2.05) is 19.1 Å². The molecule has 18 nitrogen and oxygen atoms in total. The number of hydrogen-bond donors (Lipinski definition) is 6. The van der Waals surface area contributed by atoms with Crippen molar-refractivity contribution in [2.24, 2.45) is 11.8 Å². The van der Waals surface area contributed by atoms with Gasteiger partial charge in [0.05, 0.1) is 24.2 Å². The van der Waals surface area contributed by atoms with E-state index in [-0.39, 0.29) is 88.8 Å². The number of aromatic nitrogens is 2. The predicted molar refractivity (Wildman–Crippen MR) is 310 cm³/mol. The Morgan fingerprint density at radius 1 is 0.537 bits per heavy atom. The molecule has 6 N–H and O–H groups in total. The number of carbonyl (C=O) groups excluding carboxylic acids is 8. The smallest absolute Gasteiger partial charge is 0.251 e. The number of nitrogens with one attached hydrogen (secondary N) is 6. The van der Waals surface area contributed by atoms with Gasteiger partial charge in [0.15, 0.2) is 0 Å². The summed E-state index contributed by atoms with van der Waals surface area (Å²) in [7, 11) is 3.36. The summed E-state index contributed by atoms with van der Waals surface area (Å²) in [6.07, 6.45) is 9.41. The van der Waals surface area contributed by atoms with E-state index in [1.54, 1.807) is 84.9 Å². The summed E-state index contributed by atoms with van der Waals surface area (Å²) in [6, 6.07) is 13.5. The van der Waals surface area contributed by atoms with E-state index in [2.05, 4.69) is 31.9 Å². The van der Waals surface area contributed by atoms with E-state index >= 15 is 0 Å². The fourth-order valence-electron chi connectivity index (χ4n) is 11.7. The number of likely N-dealkylation sites (N-methyl/N-ethyl adjacent to an activating group) is 2. The molecule has 2 aromatic heterocycles. The van der Waals surface area contributed by atoms with E-state index < -0.39 is 71.7 Å². The molecule has 4 heterocycles. The van der Waals surface area contributed by atoms with Gasteiger partial charge in [0.2, 0.25) is 35.2 Å². The molecule has 434 valence electrons. The van der Waals surface area contributed by atoms with Crippen molar-refractivity contribution in [3.63, 3.8) is 0 Å². The van der Waals surface area contributed by atoms with Crippen LogP contribution in [0.4, 0.5) is 4.39 Å². The van der Waals surface area contributed by atoms with E-state index in [0.717, 1.165) is 69.8 Å². The first kappa shape index (κ1) is 59.5. The van der Waals surface area contributed by atoms with Crippen LogP contribution in [0.5, 0.6) is 0 Å². The van der Waals surface area contributed by atoms with Crippen LogP contribution in [0.1, 0.15) is 171 Å². The van der Waals surface area contributed by atoms with Crippen LogP contribution in [-0.2, 0) is 19.2 Å². The average molecular weight is 1160 g/mol. The normalized spacial score (nSPS) is 21.0. The van der Waals surface area contributed by atoms with Gasteiger partial charge in [0, 0.05) is 58.2 Å². The Labute approximate surface area is 485 Å². The number of thiazole rings is 2. The number of aryl methyl sites for hydroxylation is 1. The average Bonchev–Trinajstić information content (AvgIpc) is 4.35. The number of halogens is 1. The minimum atomic E-state index is -0.836. The zero-order valence-electron chi connectivity index (χ0n) is 47.0. The molecule has 2 aliphatic carbocycles. The number of nitrogens with zero attached hydrogens (tertiary/aromatic N) is 4. The van der Waals surface area contributed by atoms with Crippen LogP contribution in [-0.4, -0.2) is 130 Å². The van der Waals surface area contributed by atoms with Gasteiger partial charge in [-0.25, -0.2) is 14.4 Å². The lowest BCUT2D eigenvalue weighted by Gasteiger charge is -2.35. The predicted octanol–water partition coefficient (Wildman–Crippen LogP) is 7.00. The molecular formula is C61H73FN10O8S2.